The number of nitrogens with one attached hydrogen (secondary N) is 1. The molecule has 2 aromatic carbocycles. The lowest BCUT2D eigenvalue weighted by atomic mass is 10.2. The number of methoxy groups -OCH3 is 2. The van der Waals surface area contributed by atoms with Gasteiger partial charge in [-0.2, -0.15) is 5.10 Å². The van der Waals surface area contributed by atoms with Gasteiger partial charge in [-0.3, -0.25) is 9.59 Å². The van der Waals surface area contributed by atoms with Gasteiger partial charge in [0.2, 0.25) is 5.43 Å². The molecule has 0 atom stereocenters. The predicted molar refractivity (Wildman–Crippen MR) is 97.1 cm³/mol. The van der Waals surface area contributed by atoms with Crippen LogP contribution in [0.1, 0.15) is 15.9 Å². The number of carbonyl (C=O) groups excluding carboxylic acids is 1. The van der Waals surface area contributed by atoms with E-state index in [0.29, 0.717) is 28.0 Å². The van der Waals surface area contributed by atoms with Crippen LogP contribution in [0.25, 0.3) is 11.0 Å². The number of hydrogen-bond donors (Lipinski definition) is 1. The maximum absolute atomic E-state index is 12.3. The van der Waals surface area contributed by atoms with Gasteiger partial charge in [0.1, 0.15) is 11.8 Å². The number of nitrogens with zero attached hydrogens (tertiary/aromatic N) is 1. The van der Waals surface area contributed by atoms with Crippen LogP contribution >= 0.6 is 0 Å². The summed E-state index contributed by atoms with van der Waals surface area (Å²) >= 11 is 0. The summed E-state index contributed by atoms with van der Waals surface area (Å²) in [6, 6.07) is 11.6. The fraction of sp³-hybridized carbons (Fsp3) is 0.105. The molecule has 7 nitrogen and oxygen atoms in total. The lowest BCUT2D eigenvalue weighted by Crippen LogP contribution is -2.18. The normalized spacial score (nSPS) is 10.8. The first-order valence-corrected chi connectivity index (χ1v) is 7.70. The summed E-state index contributed by atoms with van der Waals surface area (Å²) in [7, 11) is 2.99. The van der Waals surface area contributed by atoms with Crippen molar-refractivity contribution in [2.75, 3.05) is 14.2 Å². The van der Waals surface area contributed by atoms with Crippen LogP contribution in [0.5, 0.6) is 11.5 Å². The summed E-state index contributed by atoms with van der Waals surface area (Å²) in [5.41, 5.74) is 3.20. The molecule has 0 spiro atoms. The molecule has 0 radical (unpaired) electrons. The third-order valence-electron chi connectivity index (χ3n) is 3.72. The summed E-state index contributed by atoms with van der Waals surface area (Å²) in [6.07, 6.45) is 2.55. The van der Waals surface area contributed by atoms with E-state index in [9.17, 15) is 9.59 Å². The van der Waals surface area contributed by atoms with Crippen molar-refractivity contribution in [1.82, 2.24) is 5.43 Å². The van der Waals surface area contributed by atoms with E-state index in [-0.39, 0.29) is 11.0 Å². The fourth-order valence-electron chi connectivity index (χ4n) is 2.38. The third kappa shape index (κ3) is 3.41. The fourth-order valence-corrected chi connectivity index (χ4v) is 2.38. The number of carbonyl (C=O) groups is 1. The molecule has 1 aromatic heterocycles. The maximum atomic E-state index is 12.3. The topological polar surface area (TPSA) is 90.1 Å². The molecule has 132 valence electrons. The lowest BCUT2D eigenvalue weighted by Gasteiger charge is -2.08. The van der Waals surface area contributed by atoms with Crippen LogP contribution in [0.4, 0.5) is 0 Å². The van der Waals surface area contributed by atoms with Crippen LogP contribution in [-0.4, -0.2) is 26.3 Å². The Morgan fingerprint density at radius 3 is 2.65 bits per heavy atom. The second kappa shape index (κ2) is 7.52. The highest BCUT2D eigenvalue weighted by Gasteiger charge is 2.10. The molecule has 3 aromatic rings. The number of amides is 1. The van der Waals surface area contributed by atoms with Crippen LogP contribution in [0, 0.1) is 0 Å². The van der Waals surface area contributed by atoms with Crippen molar-refractivity contribution in [3.05, 3.63) is 70.1 Å². The largest absolute Gasteiger partial charge is 0.493 e. The van der Waals surface area contributed by atoms with Gasteiger partial charge in [0.05, 0.1) is 31.4 Å². The SMILES string of the molecule is COc1ccc(C(=O)N/N=C\c2coc3ccccc3c2=O)cc1OC. The first-order chi connectivity index (χ1) is 12.6. The first kappa shape index (κ1) is 17.2. The molecule has 0 aliphatic heterocycles. The Morgan fingerprint density at radius 1 is 1.12 bits per heavy atom. The van der Waals surface area contributed by atoms with Crippen molar-refractivity contribution in [3.8, 4) is 11.5 Å². The van der Waals surface area contributed by atoms with E-state index in [1.165, 1.54) is 32.8 Å². The van der Waals surface area contributed by atoms with Gasteiger partial charge in [0.25, 0.3) is 5.91 Å². The quantitative estimate of drug-likeness (QED) is 0.563. The Morgan fingerprint density at radius 2 is 1.88 bits per heavy atom. The number of para-hydroxylation sites is 1. The van der Waals surface area contributed by atoms with Gasteiger partial charge in [-0.05, 0) is 30.3 Å². The Bertz CT molecular complexity index is 1040. The second-order valence-electron chi connectivity index (χ2n) is 5.29. The first-order valence-electron chi connectivity index (χ1n) is 7.70. The number of benzene rings is 2. The van der Waals surface area contributed by atoms with E-state index in [1.807, 2.05) is 0 Å². The zero-order valence-electron chi connectivity index (χ0n) is 14.2. The minimum atomic E-state index is -0.452. The molecule has 0 saturated heterocycles. The molecule has 26 heavy (non-hydrogen) atoms. The van der Waals surface area contributed by atoms with Gasteiger partial charge in [-0.1, -0.05) is 12.1 Å². The van der Waals surface area contributed by atoms with Gasteiger partial charge in [0, 0.05) is 5.56 Å². The van der Waals surface area contributed by atoms with Crippen LogP contribution in [0.3, 0.4) is 0 Å². The number of rotatable bonds is 5. The van der Waals surface area contributed by atoms with Gasteiger partial charge in [-0.25, -0.2) is 5.43 Å². The molecule has 0 fully saturated rings. The molecule has 0 saturated carbocycles. The zero-order valence-corrected chi connectivity index (χ0v) is 14.2. The molecule has 3 rings (SSSR count). The molecule has 0 aliphatic carbocycles. The highest BCUT2D eigenvalue weighted by Crippen LogP contribution is 2.27. The predicted octanol–water partition coefficient (Wildman–Crippen LogP) is 2.57. The van der Waals surface area contributed by atoms with Crippen molar-refractivity contribution in [1.29, 1.82) is 0 Å². The van der Waals surface area contributed by atoms with Gasteiger partial charge in [-0.15, -0.1) is 0 Å². The molecular weight excluding hydrogens is 336 g/mol. The average molecular weight is 352 g/mol. The van der Waals surface area contributed by atoms with E-state index in [4.69, 9.17) is 13.9 Å². The van der Waals surface area contributed by atoms with Gasteiger partial charge in [0.15, 0.2) is 11.5 Å². The number of hydrazone groups is 1. The van der Waals surface area contributed by atoms with E-state index >= 15 is 0 Å². The van der Waals surface area contributed by atoms with Crippen molar-refractivity contribution < 1.29 is 18.7 Å². The van der Waals surface area contributed by atoms with E-state index in [0.717, 1.165) is 0 Å². The van der Waals surface area contributed by atoms with E-state index in [2.05, 4.69) is 10.5 Å². The van der Waals surface area contributed by atoms with Gasteiger partial charge >= 0.3 is 0 Å². The van der Waals surface area contributed by atoms with Crippen molar-refractivity contribution in [2.24, 2.45) is 5.10 Å². The van der Waals surface area contributed by atoms with E-state index in [1.54, 1.807) is 36.4 Å². The summed E-state index contributed by atoms with van der Waals surface area (Å²) in [4.78, 5) is 24.5. The number of ether oxygens (including phenoxy) is 2. The monoisotopic (exact) mass is 352 g/mol. The molecule has 1 amide bonds. The van der Waals surface area contributed by atoms with Crippen LogP contribution in [0.2, 0.25) is 0 Å². The standard InChI is InChI=1S/C19H16N2O5/c1-24-16-8-7-12(9-17(16)25-2)19(23)21-20-10-13-11-26-15-6-4-3-5-14(15)18(13)22/h3-11H,1-2H3,(H,21,23)/b20-10-. The molecule has 0 unspecified atom stereocenters. The molecule has 0 bridgehead atoms. The zero-order chi connectivity index (χ0) is 18.5. The number of fused-ring (bicyclic) bond motifs is 1. The Labute approximate surface area is 148 Å². The molecule has 7 heteroatoms. The summed E-state index contributed by atoms with van der Waals surface area (Å²) in [5, 5.41) is 4.27. The average Bonchev–Trinajstić information content (AvgIpc) is 2.69. The van der Waals surface area contributed by atoms with Crippen LogP contribution < -0.4 is 20.3 Å². The summed E-state index contributed by atoms with van der Waals surface area (Å²) in [5.74, 6) is 0.494. The van der Waals surface area contributed by atoms with E-state index < -0.39 is 5.91 Å². The molecule has 1 N–H and O–H groups in total. The minimum absolute atomic E-state index is 0.226. The highest BCUT2D eigenvalue weighted by atomic mass is 16.5. The van der Waals surface area contributed by atoms with Gasteiger partial charge < -0.3 is 13.9 Å². The Balaban J connectivity index is 1.77. The summed E-state index contributed by atoms with van der Waals surface area (Å²) in [6.45, 7) is 0. The Kier molecular flexibility index (Phi) is 4.98. The minimum Gasteiger partial charge on any atom is -0.493 e. The van der Waals surface area contributed by atoms with Crippen molar-refractivity contribution >= 4 is 23.1 Å². The lowest BCUT2D eigenvalue weighted by molar-refractivity contribution is 0.0954. The maximum Gasteiger partial charge on any atom is 0.271 e. The van der Waals surface area contributed by atoms with Crippen LogP contribution in [0.15, 0.2) is 63.0 Å². The van der Waals surface area contributed by atoms with Crippen molar-refractivity contribution in [3.63, 3.8) is 0 Å². The summed E-state index contributed by atoms with van der Waals surface area (Å²) < 4.78 is 15.7. The van der Waals surface area contributed by atoms with Crippen molar-refractivity contribution in [2.45, 2.75) is 0 Å². The van der Waals surface area contributed by atoms with Crippen LogP contribution in [-0.2, 0) is 0 Å². The highest BCUT2D eigenvalue weighted by molar-refractivity contribution is 5.95. The third-order valence-corrected chi connectivity index (χ3v) is 3.72. The number of hydrogen-bond acceptors (Lipinski definition) is 6. The Hall–Kier alpha value is -3.61. The second-order valence-corrected chi connectivity index (χ2v) is 5.29. The molecule has 1 heterocycles. The smallest absolute Gasteiger partial charge is 0.271 e. The molecule has 0 aliphatic rings. The molecular formula is C19H16N2O5.